The number of hydrogen-bond acceptors (Lipinski definition) is 6. The summed E-state index contributed by atoms with van der Waals surface area (Å²) in [7, 11) is 1.37. The molecule has 1 N–H and O–H groups in total. The highest BCUT2D eigenvalue weighted by Crippen LogP contribution is 2.36. The van der Waals surface area contributed by atoms with E-state index >= 15 is 0 Å². The van der Waals surface area contributed by atoms with Crippen molar-refractivity contribution in [2.24, 2.45) is 0 Å². The number of ether oxygens (including phenoxy) is 1. The lowest BCUT2D eigenvalue weighted by Gasteiger charge is -2.37. The molecule has 0 fully saturated rings. The Labute approximate surface area is 166 Å². The van der Waals surface area contributed by atoms with E-state index in [0.29, 0.717) is 17.0 Å². The number of carbonyl (C=O) groups excluding carboxylic acids is 2. The number of nitrogens with zero attached hydrogens (tertiary/aromatic N) is 2. The van der Waals surface area contributed by atoms with Crippen molar-refractivity contribution in [3.8, 4) is 0 Å². The summed E-state index contributed by atoms with van der Waals surface area (Å²) in [6.45, 7) is 6.07. The molecule has 0 saturated heterocycles. The monoisotopic (exact) mass is 393 g/mol. The van der Waals surface area contributed by atoms with Gasteiger partial charge in [0.25, 0.3) is 5.91 Å². The van der Waals surface area contributed by atoms with Gasteiger partial charge in [0.1, 0.15) is 15.9 Å². The Morgan fingerprint density at radius 3 is 2.96 bits per heavy atom. The molecule has 0 radical (unpaired) electrons. The highest BCUT2D eigenvalue weighted by atomic mass is 32.1. The zero-order valence-corrected chi connectivity index (χ0v) is 16.4. The Balaban J connectivity index is 1.81. The maximum Gasteiger partial charge on any atom is 0.348 e. The second-order valence-electron chi connectivity index (χ2n) is 6.51. The molecule has 0 spiro atoms. The third-order valence-corrected chi connectivity index (χ3v) is 6.05. The number of esters is 1. The second kappa shape index (κ2) is 7.09. The van der Waals surface area contributed by atoms with Crippen molar-refractivity contribution in [1.29, 1.82) is 0 Å². The van der Waals surface area contributed by atoms with Crippen LogP contribution in [0, 0.1) is 6.92 Å². The first-order valence-corrected chi connectivity index (χ1v) is 9.61. The van der Waals surface area contributed by atoms with Crippen LogP contribution in [0.15, 0.2) is 49.2 Å². The van der Waals surface area contributed by atoms with Crippen LogP contribution in [0.4, 0.5) is 5.69 Å². The maximum atomic E-state index is 13.0. The van der Waals surface area contributed by atoms with Gasteiger partial charge in [0.15, 0.2) is 0 Å². The normalized spacial score (nSPS) is 15.9. The Kier molecular flexibility index (Phi) is 4.60. The molecule has 142 valence electrons. The smallest absolute Gasteiger partial charge is 0.348 e. The number of anilines is 1. The fourth-order valence-electron chi connectivity index (χ4n) is 3.43. The molecule has 1 aliphatic rings. The number of carbonyl (C=O) groups is 2. The number of rotatable bonds is 4. The Morgan fingerprint density at radius 1 is 1.43 bits per heavy atom. The predicted molar refractivity (Wildman–Crippen MR) is 110 cm³/mol. The van der Waals surface area contributed by atoms with Gasteiger partial charge in [0, 0.05) is 29.4 Å². The molecule has 1 atom stereocenters. The van der Waals surface area contributed by atoms with Gasteiger partial charge in [-0.15, -0.1) is 17.9 Å². The fraction of sp³-hybridized carbons (Fsp3) is 0.190. The number of para-hydroxylation sites is 1. The summed E-state index contributed by atoms with van der Waals surface area (Å²) in [4.78, 5) is 32.6. The number of amides is 1. The number of benzene rings is 1. The zero-order chi connectivity index (χ0) is 19.8. The molecule has 28 heavy (non-hydrogen) atoms. The van der Waals surface area contributed by atoms with Gasteiger partial charge in [0.05, 0.1) is 12.7 Å². The Bertz CT molecular complexity index is 1110. The summed E-state index contributed by atoms with van der Waals surface area (Å²) in [5.74, 6) is -0.424. The molecule has 1 aromatic carbocycles. The highest BCUT2D eigenvalue weighted by Gasteiger charge is 2.32. The van der Waals surface area contributed by atoms with Crippen molar-refractivity contribution in [1.82, 2.24) is 9.88 Å². The first-order chi connectivity index (χ1) is 13.5. The van der Waals surface area contributed by atoms with Gasteiger partial charge in [-0.2, -0.15) is 0 Å². The first kappa shape index (κ1) is 18.2. The molecule has 6 nitrogen and oxygen atoms in total. The average molecular weight is 393 g/mol. The third kappa shape index (κ3) is 2.84. The minimum Gasteiger partial charge on any atom is -0.465 e. The van der Waals surface area contributed by atoms with Crippen LogP contribution in [-0.2, 0) is 4.74 Å². The molecule has 4 rings (SSSR count). The minimum absolute atomic E-state index is 0.0587. The van der Waals surface area contributed by atoms with E-state index in [1.165, 1.54) is 18.4 Å². The number of thiophene rings is 1. The second-order valence-corrected chi connectivity index (χ2v) is 7.51. The molecule has 0 saturated carbocycles. The van der Waals surface area contributed by atoms with Crippen molar-refractivity contribution in [3.05, 3.63) is 70.8 Å². The van der Waals surface area contributed by atoms with Gasteiger partial charge in [-0.3, -0.25) is 4.79 Å². The molecule has 3 aromatic rings. The molecular weight excluding hydrogens is 374 g/mol. The average Bonchev–Trinajstić information content (AvgIpc) is 3.05. The van der Waals surface area contributed by atoms with Gasteiger partial charge in [-0.05, 0) is 30.7 Å². The van der Waals surface area contributed by atoms with Gasteiger partial charge in [-0.1, -0.05) is 18.2 Å². The molecule has 7 heteroatoms. The molecule has 0 unspecified atom stereocenters. The number of fused-ring (bicyclic) bond motifs is 2. The van der Waals surface area contributed by atoms with Crippen molar-refractivity contribution in [2.75, 3.05) is 19.0 Å². The van der Waals surface area contributed by atoms with E-state index in [2.05, 4.69) is 16.9 Å². The van der Waals surface area contributed by atoms with Crippen LogP contribution in [0.25, 0.3) is 10.2 Å². The maximum absolute atomic E-state index is 13.0. The van der Waals surface area contributed by atoms with E-state index in [1.54, 1.807) is 17.2 Å². The van der Waals surface area contributed by atoms with Crippen LogP contribution in [0.1, 0.15) is 37.3 Å². The van der Waals surface area contributed by atoms with Crippen molar-refractivity contribution >= 4 is 39.1 Å². The van der Waals surface area contributed by atoms with Gasteiger partial charge in [0.2, 0.25) is 0 Å². The summed E-state index contributed by atoms with van der Waals surface area (Å²) in [6, 6.07) is 9.43. The lowest BCUT2D eigenvalue weighted by Crippen LogP contribution is -2.43. The largest absolute Gasteiger partial charge is 0.465 e. The van der Waals surface area contributed by atoms with E-state index in [4.69, 9.17) is 4.74 Å². The molecule has 3 heterocycles. The Hall–Kier alpha value is -3.19. The van der Waals surface area contributed by atoms with Crippen molar-refractivity contribution in [2.45, 2.75) is 13.1 Å². The lowest BCUT2D eigenvalue weighted by atomic mass is 10.0. The summed E-state index contributed by atoms with van der Waals surface area (Å²) < 4.78 is 4.86. The number of aromatic nitrogens is 1. The number of nitrogens with one attached hydrogen (secondary N) is 1. The molecule has 0 aliphatic carbocycles. The van der Waals surface area contributed by atoms with Crippen LogP contribution in [-0.4, -0.2) is 35.4 Å². The van der Waals surface area contributed by atoms with Crippen LogP contribution in [0.5, 0.6) is 0 Å². The number of pyridine rings is 1. The van der Waals surface area contributed by atoms with Crippen LogP contribution >= 0.6 is 11.3 Å². The van der Waals surface area contributed by atoms with Crippen LogP contribution in [0.2, 0.25) is 0 Å². The zero-order valence-electron chi connectivity index (χ0n) is 15.6. The fourth-order valence-corrected chi connectivity index (χ4v) is 4.48. The molecular formula is C21H19N3O3S. The summed E-state index contributed by atoms with van der Waals surface area (Å²) in [5.41, 5.74) is 3.10. The van der Waals surface area contributed by atoms with Crippen molar-refractivity contribution < 1.29 is 14.3 Å². The Morgan fingerprint density at radius 2 is 2.21 bits per heavy atom. The van der Waals surface area contributed by atoms with Gasteiger partial charge < -0.3 is 15.0 Å². The summed E-state index contributed by atoms with van der Waals surface area (Å²) in [5, 5.41) is 4.32. The first-order valence-electron chi connectivity index (χ1n) is 8.80. The van der Waals surface area contributed by atoms with E-state index < -0.39 is 0 Å². The van der Waals surface area contributed by atoms with Gasteiger partial charge >= 0.3 is 5.97 Å². The van der Waals surface area contributed by atoms with E-state index in [1.807, 2.05) is 37.3 Å². The predicted octanol–water partition coefficient (Wildman–Crippen LogP) is 4.14. The highest BCUT2D eigenvalue weighted by molar-refractivity contribution is 7.20. The summed E-state index contributed by atoms with van der Waals surface area (Å²) >= 11 is 1.31. The quantitative estimate of drug-likeness (QED) is 0.533. The standard InChI is InChI=1S/C21H19N3O3S/c1-4-9-24-18(23-16-8-6-5-7-14(16)20(24)25)13-10-15-12(2)17(21(26)27-3)28-19(15)22-11-13/h4-8,10-11,18,23H,1,9H2,2-3H3/t18-/m1/s1. The molecule has 1 amide bonds. The third-order valence-electron chi connectivity index (χ3n) is 4.85. The van der Waals surface area contributed by atoms with Crippen LogP contribution in [0.3, 0.4) is 0 Å². The molecule has 2 aromatic heterocycles. The van der Waals surface area contributed by atoms with E-state index in [-0.39, 0.29) is 18.0 Å². The topological polar surface area (TPSA) is 71.5 Å². The summed E-state index contributed by atoms with van der Waals surface area (Å²) in [6.07, 6.45) is 3.07. The minimum atomic E-state index is -0.377. The molecule has 0 bridgehead atoms. The lowest BCUT2D eigenvalue weighted by molar-refractivity contribution is 0.0605. The number of hydrogen-bond donors (Lipinski definition) is 1. The molecule has 1 aliphatic heterocycles. The van der Waals surface area contributed by atoms with Crippen LogP contribution < -0.4 is 5.32 Å². The van der Waals surface area contributed by atoms with Gasteiger partial charge in [-0.25, -0.2) is 9.78 Å². The van der Waals surface area contributed by atoms with E-state index in [0.717, 1.165) is 27.0 Å². The number of aryl methyl sites for hydroxylation is 1. The van der Waals surface area contributed by atoms with E-state index in [9.17, 15) is 9.59 Å². The van der Waals surface area contributed by atoms with Crippen molar-refractivity contribution in [3.63, 3.8) is 0 Å². The SMILES string of the molecule is C=CCN1C(=O)c2ccccc2N[C@H]1c1cnc2sc(C(=O)OC)c(C)c2c1. The number of methoxy groups -OCH3 is 1.